The van der Waals surface area contributed by atoms with E-state index in [1.165, 1.54) is 23.5 Å². The molecule has 0 bridgehead atoms. The van der Waals surface area contributed by atoms with Crippen LogP contribution in [-0.2, 0) is 6.42 Å². The minimum Gasteiger partial charge on any atom is -0.493 e. The molecule has 0 aliphatic carbocycles. The van der Waals surface area contributed by atoms with Gasteiger partial charge in [-0.15, -0.1) is 11.3 Å². The number of aromatic nitrogens is 1. The third-order valence-corrected chi connectivity index (χ3v) is 3.73. The molecule has 3 N–H and O–H groups in total. The van der Waals surface area contributed by atoms with Crippen molar-refractivity contribution in [2.45, 2.75) is 13.3 Å². The molecule has 0 aliphatic rings. The lowest BCUT2D eigenvalue weighted by Crippen LogP contribution is -2.10. The third-order valence-electron chi connectivity index (χ3n) is 2.48. The fourth-order valence-electron chi connectivity index (χ4n) is 1.60. The summed E-state index contributed by atoms with van der Waals surface area (Å²) < 4.78 is 18.2. The number of halogens is 1. The Balaban J connectivity index is 1.90. The van der Waals surface area contributed by atoms with Crippen LogP contribution in [0.1, 0.15) is 15.6 Å². The number of ether oxygens (including phenoxy) is 1. The second kappa shape index (κ2) is 5.79. The van der Waals surface area contributed by atoms with E-state index in [0.29, 0.717) is 23.7 Å². The van der Waals surface area contributed by atoms with Crippen molar-refractivity contribution in [1.29, 1.82) is 5.41 Å². The minimum absolute atomic E-state index is 0.0423. The maximum absolute atomic E-state index is 12.7. The molecule has 1 heterocycles. The van der Waals surface area contributed by atoms with E-state index < -0.39 is 0 Å². The fraction of sp³-hybridized carbons (Fsp3) is 0.231. The highest BCUT2D eigenvalue weighted by molar-refractivity contribution is 7.13. The Morgan fingerprint density at radius 3 is 2.68 bits per heavy atom. The SMILES string of the molecule is Cc1nc(CCOc2ccc(F)cc2)sc1C(=N)N. The Kier molecular flexibility index (Phi) is 4.11. The van der Waals surface area contributed by atoms with Gasteiger partial charge < -0.3 is 10.5 Å². The van der Waals surface area contributed by atoms with Crippen LogP contribution in [0.5, 0.6) is 5.75 Å². The van der Waals surface area contributed by atoms with Crippen molar-refractivity contribution in [3.63, 3.8) is 0 Å². The molecule has 2 aromatic rings. The molecule has 4 nitrogen and oxygen atoms in total. The second-order valence-corrected chi connectivity index (χ2v) is 5.07. The molecule has 0 saturated carbocycles. The lowest BCUT2D eigenvalue weighted by molar-refractivity contribution is 0.321. The van der Waals surface area contributed by atoms with Crippen molar-refractivity contribution >= 4 is 17.2 Å². The van der Waals surface area contributed by atoms with E-state index in [0.717, 1.165) is 10.7 Å². The molecule has 19 heavy (non-hydrogen) atoms. The largest absolute Gasteiger partial charge is 0.493 e. The van der Waals surface area contributed by atoms with Crippen molar-refractivity contribution in [2.24, 2.45) is 5.73 Å². The number of amidine groups is 1. The van der Waals surface area contributed by atoms with Crippen molar-refractivity contribution < 1.29 is 9.13 Å². The number of nitrogens with two attached hydrogens (primary N) is 1. The fourth-order valence-corrected chi connectivity index (χ4v) is 2.50. The summed E-state index contributed by atoms with van der Waals surface area (Å²) in [5.41, 5.74) is 6.22. The number of thiazole rings is 1. The van der Waals surface area contributed by atoms with Crippen LogP contribution in [-0.4, -0.2) is 17.4 Å². The summed E-state index contributed by atoms with van der Waals surface area (Å²) in [6, 6.07) is 5.89. The first-order chi connectivity index (χ1) is 9.06. The number of benzene rings is 1. The van der Waals surface area contributed by atoms with Crippen LogP contribution in [0.15, 0.2) is 24.3 Å². The summed E-state index contributed by atoms with van der Waals surface area (Å²) in [4.78, 5) is 5.04. The van der Waals surface area contributed by atoms with E-state index in [1.807, 2.05) is 6.92 Å². The summed E-state index contributed by atoms with van der Waals surface area (Å²) in [5.74, 6) is 0.385. The predicted octanol–water partition coefficient (Wildman–Crippen LogP) is 2.50. The second-order valence-electron chi connectivity index (χ2n) is 3.99. The highest BCUT2D eigenvalue weighted by Crippen LogP contribution is 2.18. The molecule has 1 aromatic carbocycles. The molecule has 0 radical (unpaired) electrons. The summed E-state index contributed by atoms with van der Waals surface area (Å²) in [6.45, 7) is 2.29. The Hall–Kier alpha value is -1.95. The molecular formula is C13H14FN3OS. The van der Waals surface area contributed by atoms with Gasteiger partial charge in [-0.1, -0.05) is 0 Å². The molecule has 0 aliphatic heterocycles. The van der Waals surface area contributed by atoms with Gasteiger partial charge in [0.1, 0.15) is 17.4 Å². The summed E-state index contributed by atoms with van der Waals surface area (Å²) >= 11 is 1.40. The molecule has 0 atom stereocenters. The Labute approximate surface area is 114 Å². The standard InChI is InChI=1S/C13H14FN3OS/c1-8-12(13(15)16)19-11(17-8)6-7-18-10-4-2-9(14)3-5-10/h2-5H,6-7H2,1H3,(H3,15,16). The Morgan fingerprint density at radius 1 is 1.42 bits per heavy atom. The van der Waals surface area contributed by atoms with Gasteiger partial charge in [0, 0.05) is 6.42 Å². The van der Waals surface area contributed by atoms with Gasteiger partial charge >= 0.3 is 0 Å². The third kappa shape index (κ3) is 3.51. The lowest BCUT2D eigenvalue weighted by atomic mass is 10.3. The molecule has 0 amide bonds. The van der Waals surface area contributed by atoms with Crippen LogP contribution in [0.3, 0.4) is 0 Å². The molecule has 0 fully saturated rings. The van der Waals surface area contributed by atoms with Gasteiger partial charge in [0.2, 0.25) is 0 Å². The van der Waals surface area contributed by atoms with Crippen LogP contribution >= 0.6 is 11.3 Å². The Morgan fingerprint density at radius 2 is 2.11 bits per heavy atom. The van der Waals surface area contributed by atoms with Crippen molar-refractivity contribution in [3.05, 3.63) is 45.7 Å². The van der Waals surface area contributed by atoms with Crippen molar-refractivity contribution in [3.8, 4) is 5.75 Å². The molecule has 2 rings (SSSR count). The van der Waals surface area contributed by atoms with Gasteiger partial charge in [-0.2, -0.15) is 0 Å². The van der Waals surface area contributed by atoms with Crippen LogP contribution in [0.25, 0.3) is 0 Å². The molecule has 1 aromatic heterocycles. The van der Waals surface area contributed by atoms with Crippen LogP contribution in [0.4, 0.5) is 4.39 Å². The number of aryl methyl sites for hydroxylation is 1. The van der Waals surface area contributed by atoms with Crippen molar-refractivity contribution in [1.82, 2.24) is 4.98 Å². The highest BCUT2D eigenvalue weighted by atomic mass is 32.1. The molecular weight excluding hydrogens is 265 g/mol. The number of hydrogen-bond donors (Lipinski definition) is 2. The number of nitrogens with one attached hydrogen (secondary N) is 1. The maximum Gasteiger partial charge on any atom is 0.135 e. The van der Waals surface area contributed by atoms with Gasteiger partial charge in [0.15, 0.2) is 0 Å². The normalized spacial score (nSPS) is 10.4. The van der Waals surface area contributed by atoms with E-state index in [-0.39, 0.29) is 11.7 Å². The van der Waals surface area contributed by atoms with Gasteiger partial charge in [0.25, 0.3) is 0 Å². The van der Waals surface area contributed by atoms with E-state index >= 15 is 0 Å². The van der Waals surface area contributed by atoms with E-state index in [1.54, 1.807) is 12.1 Å². The average molecular weight is 279 g/mol. The van der Waals surface area contributed by atoms with Gasteiger partial charge in [-0.3, -0.25) is 5.41 Å². The number of nitrogens with zero attached hydrogens (tertiary/aromatic N) is 1. The van der Waals surface area contributed by atoms with Crippen LogP contribution in [0.2, 0.25) is 0 Å². The highest BCUT2D eigenvalue weighted by Gasteiger charge is 2.09. The zero-order valence-corrected chi connectivity index (χ0v) is 11.3. The number of rotatable bonds is 5. The van der Waals surface area contributed by atoms with Crippen LogP contribution in [0, 0.1) is 18.2 Å². The van der Waals surface area contributed by atoms with Crippen LogP contribution < -0.4 is 10.5 Å². The monoisotopic (exact) mass is 279 g/mol. The molecule has 0 saturated heterocycles. The molecule has 0 spiro atoms. The zero-order chi connectivity index (χ0) is 13.8. The lowest BCUT2D eigenvalue weighted by Gasteiger charge is -2.04. The van der Waals surface area contributed by atoms with Gasteiger partial charge in [-0.25, -0.2) is 9.37 Å². The Bertz CT molecular complexity index is 580. The maximum atomic E-state index is 12.7. The van der Waals surface area contributed by atoms with Crippen molar-refractivity contribution in [2.75, 3.05) is 6.61 Å². The summed E-state index contributed by atoms with van der Waals surface area (Å²) in [5, 5.41) is 8.28. The van der Waals surface area contributed by atoms with Gasteiger partial charge in [-0.05, 0) is 31.2 Å². The summed E-state index contributed by atoms with van der Waals surface area (Å²) in [7, 11) is 0. The van der Waals surface area contributed by atoms with E-state index in [4.69, 9.17) is 15.9 Å². The smallest absolute Gasteiger partial charge is 0.135 e. The predicted molar refractivity (Wildman–Crippen MR) is 73.5 cm³/mol. The number of hydrogen-bond acceptors (Lipinski definition) is 4. The topological polar surface area (TPSA) is 72.0 Å². The molecule has 100 valence electrons. The average Bonchev–Trinajstić information content (AvgIpc) is 2.73. The summed E-state index contributed by atoms with van der Waals surface area (Å²) in [6.07, 6.45) is 0.635. The quantitative estimate of drug-likeness (QED) is 0.652. The first-order valence-electron chi connectivity index (χ1n) is 5.75. The number of nitrogen functional groups attached to an aromatic ring is 1. The van der Waals surface area contributed by atoms with Gasteiger partial charge in [0.05, 0.1) is 22.2 Å². The van der Waals surface area contributed by atoms with E-state index in [9.17, 15) is 4.39 Å². The first-order valence-corrected chi connectivity index (χ1v) is 6.57. The minimum atomic E-state index is -0.283. The molecule has 0 unspecified atom stereocenters. The molecule has 6 heteroatoms. The first kappa shape index (κ1) is 13.5. The zero-order valence-electron chi connectivity index (χ0n) is 10.4. The van der Waals surface area contributed by atoms with E-state index in [2.05, 4.69) is 4.98 Å².